The van der Waals surface area contributed by atoms with E-state index in [1.54, 1.807) is 35.8 Å². The smallest absolute Gasteiger partial charge is 0.248 e. The fourth-order valence-electron chi connectivity index (χ4n) is 3.39. The standard InChI is InChI=1S/C14H22N4O2S/c1-17(2)13(19)8-20-12-5-3-4-10-6-18(7-11(10)12)14-16-15-9-21-14/h9-12H,3-8H2,1-2H3/t10-,11-,12-/m1/s1. The third-order valence-corrected chi connectivity index (χ3v) is 5.32. The van der Waals surface area contributed by atoms with Gasteiger partial charge >= 0.3 is 0 Å². The molecule has 2 aliphatic rings. The zero-order valence-corrected chi connectivity index (χ0v) is 13.4. The van der Waals surface area contributed by atoms with Gasteiger partial charge in [-0.05, 0) is 18.8 Å². The fourth-order valence-corrected chi connectivity index (χ4v) is 3.97. The highest BCUT2D eigenvalue weighted by Crippen LogP contribution is 2.39. The molecule has 0 unspecified atom stereocenters. The lowest BCUT2D eigenvalue weighted by atomic mass is 9.79. The summed E-state index contributed by atoms with van der Waals surface area (Å²) in [5.41, 5.74) is 1.78. The van der Waals surface area contributed by atoms with Gasteiger partial charge < -0.3 is 14.5 Å². The lowest BCUT2D eigenvalue weighted by Crippen LogP contribution is -2.37. The molecule has 2 fully saturated rings. The average molecular weight is 310 g/mol. The average Bonchev–Trinajstić information content (AvgIpc) is 3.12. The van der Waals surface area contributed by atoms with Gasteiger partial charge in [-0.1, -0.05) is 17.8 Å². The number of aromatic nitrogens is 2. The number of carbonyl (C=O) groups excluding carboxylic acids is 1. The van der Waals surface area contributed by atoms with Gasteiger partial charge in [0.2, 0.25) is 11.0 Å². The number of rotatable bonds is 4. The van der Waals surface area contributed by atoms with Gasteiger partial charge in [0.25, 0.3) is 0 Å². The first kappa shape index (κ1) is 14.7. The Bertz CT molecular complexity index is 479. The predicted molar refractivity (Wildman–Crippen MR) is 81.4 cm³/mol. The van der Waals surface area contributed by atoms with E-state index in [-0.39, 0.29) is 18.6 Å². The highest BCUT2D eigenvalue weighted by atomic mass is 32.1. The van der Waals surface area contributed by atoms with Crippen LogP contribution in [0.5, 0.6) is 0 Å². The van der Waals surface area contributed by atoms with Crippen molar-refractivity contribution in [2.24, 2.45) is 11.8 Å². The Labute approximate surface area is 129 Å². The maximum absolute atomic E-state index is 11.7. The maximum Gasteiger partial charge on any atom is 0.248 e. The van der Waals surface area contributed by atoms with Gasteiger partial charge in [-0.25, -0.2) is 0 Å². The van der Waals surface area contributed by atoms with Gasteiger partial charge in [0.1, 0.15) is 12.1 Å². The second-order valence-electron chi connectivity index (χ2n) is 6.12. The Balaban J connectivity index is 1.60. The Morgan fingerprint density at radius 2 is 2.33 bits per heavy atom. The molecule has 0 aromatic carbocycles. The number of likely N-dealkylation sites (N-methyl/N-ethyl adjacent to an activating group) is 1. The van der Waals surface area contributed by atoms with Crippen LogP contribution < -0.4 is 4.90 Å². The molecule has 7 heteroatoms. The Morgan fingerprint density at radius 1 is 1.48 bits per heavy atom. The molecule has 1 saturated carbocycles. The monoisotopic (exact) mass is 310 g/mol. The number of anilines is 1. The van der Waals surface area contributed by atoms with Crippen LogP contribution >= 0.6 is 11.3 Å². The summed E-state index contributed by atoms with van der Waals surface area (Å²) in [6.07, 6.45) is 3.70. The van der Waals surface area contributed by atoms with Crippen LogP contribution in [0.2, 0.25) is 0 Å². The quantitative estimate of drug-likeness (QED) is 0.837. The summed E-state index contributed by atoms with van der Waals surface area (Å²) >= 11 is 1.59. The molecule has 1 aromatic rings. The van der Waals surface area contributed by atoms with Crippen molar-refractivity contribution in [2.45, 2.75) is 25.4 Å². The minimum Gasteiger partial charge on any atom is -0.368 e. The predicted octanol–water partition coefficient (Wildman–Crippen LogP) is 1.25. The highest BCUT2D eigenvalue weighted by molar-refractivity contribution is 7.13. The first-order valence-electron chi connectivity index (χ1n) is 7.48. The van der Waals surface area contributed by atoms with Gasteiger partial charge in [0.05, 0.1) is 6.10 Å². The fraction of sp³-hybridized carbons (Fsp3) is 0.786. The highest BCUT2D eigenvalue weighted by Gasteiger charge is 2.41. The first-order chi connectivity index (χ1) is 10.1. The van der Waals surface area contributed by atoms with Gasteiger partial charge in [-0.2, -0.15) is 0 Å². The van der Waals surface area contributed by atoms with E-state index in [2.05, 4.69) is 15.1 Å². The topological polar surface area (TPSA) is 58.6 Å². The van der Waals surface area contributed by atoms with Crippen molar-refractivity contribution in [2.75, 3.05) is 38.7 Å². The van der Waals surface area contributed by atoms with Crippen LogP contribution in [0.3, 0.4) is 0 Å². The van der Waals surface area contributed by atoms with Crippen molar-refractivity contribution in [3.05, 3.63) is 5.51 Å². The Kier molecular flexibility index (Phi) is 4.40. The van der Waals surface area contributed by atoms with Crippen molar-refractivity contribution in [1.82, 2.24) is 15.1 Å². The number of ether oxygens (including phenoxy) is 1. The molecule has 3 rings (SSSR count). The summed E-state index contributed by atoms with van der Waals surface area (Å²) < 4.78 is 5.94. The van der Waals surface area contributed by atoms with E-state index in [1.165, 1.54) is 12.8 Å². The molecule has 0 bridgehead atoms. The number of carbonyl (C=O) groups is 1. The van der Waals surface area contributed by atoms with E-state index in [0.717, 1.165) is 24.6 Å². The molecule has 3 atom stereocenters. The molecular weight excluding hydrogens is 288 g/mol. The summed E-state index contributed by atoms with van der Waals surface area (Å²) in [6.45, 7) is 2.21. The molecule has 1 saturated heterocycles. The zero-order valence-electron chi connectivity index (χ0n) is 12.6. The first-order valence-corrected chi connectivity index (χ1v) is 8.36. The second kappa shape index (κ2) is 6.27. The molecule has 0 radical (unpaired) electrons. The van der Waals surface area contributed by atoms with Gasteiger partial charge in [-0.15, -0.1) is 10.2 Å². The number of fused-ring (bicyclic) bond motifs is 1. The van der Waals surface area contributed by atoms with Crippen LogP contribution in [0, 0.1) is 11.8 Å². The van der Waals surface area contributed by atoms with Crippen molar-refractivity contribution in [1.29, 1.82) is 0 Å². The summed E-state index contributed by atoms with van der Waals surface area (Å²) in [5, 5.41) is 9.11. The van der Waals surface area contributed by atoms with Gasteiger partial charge in [0.15, 0.2) is 0 Å². The summed E-state index contributed by atoms with van der Waals surface area (Å²) in [4.78, 5) is 15.6. The third-order valence-electron chi connectivity index (χ3n) is 4.57. The van der Waals surface area contributed by atoms with Crippen molar-refractivity contribution in [3.63, 3.8) is 0 Å². The summed E-state index contributed by atoms with van der Waals surface area (Å²) in [5.74, 6) is 1.20. The molecule has 0 spiro atoms. The van der Waals surface area contributed by atoms with E-state index in [0.29, 0.717) is 11.8 Å². The molecule has 1 aliphatic carbocycles. The molecule has 1 aromatic heterocycles. The second-order valence-corrected chi connectivity index (χ2v) is 6.93. The van der Waals surface area contributed by atoms with Crippen LogP contribution in [-0.4, -0.2) is 60.9 Å². The number of hydrogen-bond acceptors (Lipinski definition) is 6. The van der Waals surface area contributed by atoms with Gasteiger partial charge in [-0.3, -0.25) is 4.79 Å². The lowest BCUT2D eigenvalue weighted by Gasteiger charge is -2.32. The molecule has 116 valence electrons. The minimum absolute atomic E-state index is 0.0381. The zero-order chi connectivity index (χ0) is 14.8. The van der Waals surface area contributed by atoms with Crippen LogP contribution in [0.4, 0.5) is 5.13 Å². The summed E-state index contributed by atoms with van der Waals surface area (Å²) in [6, 6.07) is 0. The largest absolute Gasteiger partial charge is 0.368 e. The third kappa shape index (κ3) is 3.18. The molecule has 0 N–H and O–H groups in total. The van der Waals surface area contributed by atoms with Crippen molar-refractivity contribution in [3.8, 4) is 0 Å². The lowest BCUT2D eigenvalue weighted by molar-refractivity contribution is -0.138. The van der Waals surface area contributed by atoms with E-state index >= 15 is 0 Å². The van der Waals surface area contributed by atoms with E-state index < -0.39 is 0 Å². The van der Waals surface area contributed by atoms with Gasteiger partial charge in [0, 0.05) is 33.1 Å². The van der Waals surface area contributed by atoms with E-state index in [9.17, 15) is 4.79 Å². The molecular formula is C14H22N4O2S. The van der Waals surface area contributed by atoms with Crippen molar-refractivity contribution >= 4 is 22.4 Å². The van der Waals surface area contributed by atoms with Crippen LogP contribution in [0.25, 0.3) is 0 Å². The van der Waals surface area contributed by atoms with Crippen LogP contribution in [0.15, 0.2) is 5.51 Å². The Morgan fingerprint density at radius 3 is 3.05 bits per heavy atom. The van der Waals surface area contributed by atoms with E-state index in [4.69, 9.17) is 4.74 Å². The van der Waals surface area contributed by atoms with Crippen LogP contribution in [0.1, 0.15) is 19.3 Å². The Hall–Kier alpha value is -1.21. The molecule has 6 nitrogen and oxygen atoms in total. The minimum atomic E-state index is 0.0381. The van der Waals surface area contributed by atoms with Crippen molar-refractivity contribution < 1.29 is 9.53 Å². The molecule has 1 aliphatic heterocycles. The summed E-state index contributed by atoms with van der Waals surface area (Å²) in [7, 11) is 3.53. The van der Waals surface area contributed by atoms with E-state index in [1.807, 2.05) is 0 Å². The SMILES string of the molecule is CN(C)C(=O)CO[C@@H]1CCC[C@@H]2CN(c3nncs3)C[C@H]21. The number of nitrogens with zero attached hydrogens (tertiary/aromatic N) is 4. The number of hydrogen-bond donors (Lipinski definition) is 0. The number of amides is 1. The van der Waals surface area contributed by atoms with Crippen LogP contribution in [-0.2, 0) is 9.53 Å². The molecule has 21 heavy (non-hydrogen) atoms. The maximum atomic E-state index is 11.7. The molecule has 2 heterocycles. The molecule has 1 amide bonds. The normalized spacial score (nSPS) is 28.5.